The van der Waals surface area contributed by atoms with Crippen molar-refractivity contribution in [3.05, 3.63) is 59.3 Å². The summed E-state index contributed by atoms with van der Waals surface area (Å²) in [5, 5.41) is 4.76. The summed E-state index contributed by atoms with van der Waals surface area (Å²) in [5.41, 5.74) is 4.70. The fourth-order valence-electron chi connectivity index (χ4n) is 6.57. The molecule has 204 valence electrons. The van der Waals surface area contributed by atoms with Gasteiger partial charge in [-0.1, -0.05) is 13.8 Å². The molecule has 3 aromatic rings. The van der Waals surface area contributed by atoms with Crippen LogP contribution in [0.15, 0.2) is 36.8 Å². The normalized spacial score (nSPS) is 21.9. The van der Waals surface area contributed by atoms with E-state index >= 15 is 0 Å². The van der Waals surface area contributed by atoms with Crippen molar-refractivity contribution >= 4 is 16.8 Å². The summed E-state index contributed by atoms with van der Waals surface area (Å²) in [6.07, 6.45) is 9.32. The zero-order chi connectivity index (χ0) is 27.2. The second kappa shape index (κ2) is 10.4. The third-order valence-corrected chi connectivity index (χ3v) is 8.87. The van der Waals surface area contributed by atoms with Crippen molar-refractivity contribution in [1.82, 2.24) is 24.7 Å². The topological polar surface area (TPSA) is 53.4 Å². The number of aryl methyl sites for hydroxylation is 1. The molecule has 2 saturated heterocycles. The predicted molar refractivity (Wildman–Crippen MR) is 151 cm³/mol. The molecule has 2 aromatic heterocycles. The first kappa shape index (κ1) is 26.8. The van der Waals surface area contributed by atoms with Crippen LogP contribution in [-0.4, -0.2) is 70.6 Å². The minimum Gasteiger partial charge on any atom is -0.339 e. The van der Waals surface area contributed by atoms with Crippen LogP contribution in [0.25, 0.3) is 16.6 Å². The fourth-order valence-corrected chi connectivity index (χ4v) is 6.57. The van der Waals surface area contributed by atoms with Crippen LogP contribution in [0.1, 0.15) is 62.0 Å². The van der Waals surface area contributed by atoms with E-state index in [4.69, 9.17) is 0 Å². The minimum absolute atomic E-state index is 0.00901. The summed E-state index contributed by atoms with van der Waals surface area (Å²) in [6.45, 7) is 15.2. The lowest BCUT2D eigenvalue weighted by Crippen LogP contribution is -2.53. The van der Waals surface area contributed by atoms with Crippen LogP contribution in [0.2, 0.25) is 0 Å². The molecule has 0 radical (unpaired) electrons. The summed E-state index contributed by atoms with van der Waals surface area (Å²) in [6, 6.07) is 5.15. The van der Waals surface area contributed by atoms with Crippen LogP contribution < -0.4 is 5.32 Å². The maximum Gasteiger partial charge on any atom is 0.256 e. The van der Waals surface area contributed by atoms with Gasteiger partial charge in [-0.3, -0.25) is 14.7 Å². The van der Waals surface area contributed by atoms with E-state index in [1.807, 2.05) is 30.8 Å². The third-order valence-electron chi connectivity index (χ3n) is 8.87. The molecule has 6 nitrogen and oxygen atoms in total. The minimum atomic E-state index is -0.410. The molecule has 2 fully saturated rings. The van der Waals surface area contributed by atoms with Gasteiger partial charge < -0.3 is 14.8 Å². The Labute approximate surface area is 226 Å². The molecule has 7 heteroatoms. The van der Waals surface area contributed by atoms with Gasteiger partial charge in [0.1, 0.15) is 5.82 Å². The van der Waals surface area contributed by atoms with Gasteiger partial charge in [-0.25, -0.2) is 4.39 Å². The molecule has 2 atom stereocenters. The molecule has 2 aliphatic heterocycles. The lowest BCUT2D eigenvalue weighted by atomic mass is 9.79. The van der Waals surface area contributed by atoms with E-state index in [9.17, 15) is 9.18 Å². The van der Waals surface area contributed by atoms with E-state index in [2.05, 4.69) is 42.2 Å². The van der Waals surface area contributed by atoms with Crippen molar-refractivity contribution in [3.8, 4) is 5.69 Å². The first-order valence-corrected chi connectivity index (χ1v) is 14.0. The molecule has 0 aliphatic carbocycles. The second-order valence-corrected chi connectivity index (χ2v) is 12.4. The molecule has 1 aromatic carbocycles. The van der Waals surface area contributed by atoms with Crippen LogP contribution in [0.5, 0.6) is 0 Å². The highest BCUT2D eigenvalue weighted by atomic mass is 19.1. The summed E-state index contributed by atoms with van der Waals surface area (Å²) in [4.78, 5) is 22.2. The zero-order valence-electron chi connectivity index (χ0n) is 23.7. The van der Waals surface area contributed by atoms with E-state index in [0.29, 0.717) is 23.2 Å². The van der Waals surface area contributed by atoms with Crippen molar-refractivity contribution in [2.24, 2.45) is 11.3 Å². The predicted octanol–water partition coefficient (Wildman–Crippen LogP) is 5.21. The molecule has 0 bridgehead atoms. The number of benzene rings is 1. The second-order valence-electron chi connectivity index (χ2n) is 12.4. The Bertz CT molecular complexity index is 1330. The summed E-state index contributed by atoms with van der Waals surface area (Å²) < 4.78 is 16.4. The standard InChI is InChI=1S/C31H42FN5O/c1-20(2)35(6)30(38)25-14-24(32)7-8-26(25)37-18-23(29-21(3)15-34-16-27(29)37)13-22-10-12-36(17-22)28-9-11-33-19-31(28,4)5/h7-8,14-16,18,20,22,28,33H,9-13,17,19H2,1-6H3/t22-,28?/m0/s1. The average Bonchev–Trinajstić information content (AvgIpc) is 3.48. The van der Waals surface area contributed by atoms with Crippen molar-refractivity contribution in [1.29, 1.82) is 0 Å². The Morgan fingerprint density at radius 3 is 2.79 bits per heavy atom. The maximum absolute atomic E-state index is 14.4. The molecule has 0 spiro atoms. The van der Waals surface area contributed by atoms with Crippen molar-refractivity contribution < 1.29 is 9.18 Å². The van der Waals surface area contributed by atoms with Gasteiger partial charge >= 0.3 is 0 Å². The molecule has 1 unspecified atom stereocenters. The van der Waals surface area contributed by atoms with Crippen LogP contribution in [0.4, 0.5) is 4.39 Å². The molecular weight excluding hydrogens is 477 g/mol. The Kier molecular flexibility index (Phi) is 7.35. The lowest BCUT2D eigenvalue weighted by molar-refractivity contribution is 0.0752. The molecule has 5 rings (SSSR count). The number of halogens is 1. The highest BCUT2D eigenvalue weighted by Crippen LogP contribution is 2.36. The number of carbonyl (C=O) groups is 1. The van der Waals surface area contributed by atoms with Crippen molar-refractivity contribution in [2.75, 3.05) is 33.2 Å². The number of aromatic nitrogens is 2. The maximum atomic E-state index is 14.4. The quantitative estimate of drug-likeness (QED) is 0.486. The first-order chi connectivity index (χ1) is 18.1. The lowest BCUT2D eigenvalue weighted by Gasteiger charge is -2.44. The van der Waals surface area contributed by atoms with Gasteiger partial charge in [0.25, 0.3) is 5.91 Å². The first-order valence-electron chi connectivity index (χ1n) is 14.0. The number of nitrogens with one attached hydrogen (secondary N) is 1. The summed E-state index contributed by atoms with van der Waals surface area (Å²) >= 11 is 0. The monoisotopic (exact) mass is 519 g/mol. The van der Waals surface area contributed by atoms with Crippen molar-refractivity contribution in [2.45, 2.75) is 66.0 Å². The van der Waals surface area contributed by atoms with Gasteiger partial charge in [-0.2, -0.15) is 0 Å². The number of nitrogens with zero attached hydrogens (tertiary/aromatic N) is 4. The van der Waals surface area contributed by atoms with Gasteiger partial charge in [0.15, 0.2) is 0 Å². The highest BCUT2D eigenvalue weighted by molar-refractivity contribution is 5.99. The number of hydrogen-bond donors (Lipinski definition) is 1. The van der Waals surface area contributed by atoms with E-state index in [1.54, 1.807) is 18.0 Å². The summed E-state index contributed by atoms with van der Waals surface area (Å²) in [7, 11) is 1.77. The number of fused-ring (bicyclic) bond motifs is 1. The molecule has 1 amide bonds. The van der Waals surface area contributed by atoms with E-state index in [0.717, 1.165) is 43.7 Å². The van der Waals surface area contributed by atoms with Crippen LogP contribution in [0, 0.1) is 24.1 Å². The van der Waals surface area contributed by atoms with Gasteiger partial charge in [-0.15, -0.1) is 0 Å². The largest absolute Gasteiger partial charge is 0.339 e. The number of likely N-dealkylation sites (tertiary alicyclic amines) is 1. The number of pyridine rings is 1. The highest BCUT2D eigenvalue weighted by Gasteiger charge is 2.39. The molecular formula is C31H42FN5O. The number of carbonyl (C=O) groups excluding carboxylic acids is 1. The Hall–Kier alpha value is -2.77. The molecule has 1 N–H and O–H groups in total. The Morgan fingerprint density at radius 2 is 2.05 bits per heavy atom. The fraction of sp³-hybridized carbons (Fsp3) is 0.548. The number of piperidine rings is 1. The average molecular weight is 520 g/mol. The van der Waals surface area contributed by atoms with E-state index < -0.39 is 5.82 Å². The SMILES string of the molecule is Cc1cncc2c1c(C[C@@H]1CCN(C3CCNCC3(C)C)C1)cn2-c1ccc(F)cc1C(=O)N(C)C(C)C. The Morgan fingerprint density at radius 1 is 1.26 bits per heavy atom. The molecule has 4 heterocycles. The van der Waals surface area contributed by atoms with Crippen LogP contribution in [-0.2, 0) is 6.42 Å². The van der Waals surface area contributed by atoms with Gasteiger partial charge in [0.2, 0.25) is 0 Å². The number of amides is 1. The number of hydrogen-bond acceptors (Lipinski definition) is 4. The van der Waals surface area contributed by atoms with E-state index in [-0.39, 0.29) is 17.4 Å². The van der Waals surface area contributed by atoms with Crippen LogP contribution >= 0.6 is 0 Å². The van der Waals surface area contributed by atoms with Gasteiger partial charge in [-0.05, 0) is 93.8 Å². The molecule has 2 aliphatic rings. The van der Waals surface area contributed by atoms with Gasteiger partial charge in [0, 0.05) is 50.0 Å². The third kappa shape index (κ3) is 4.98. The molecule has 38 heavy (non-hydrogen) atoms. The van der Waals surface area contributed by atoms with Gasteiger partial charge in [0.05, 0.1) is 23.0 Å². The van der Waals surface area contributed by atoms with Crippen LogP contribution in [0.3, 0.4) is 0 Å². The Balaban J connectivity index is 1.49. The van der Waals surface area contributed by atoms with Crippen molar-refractivity contribution in [3.63, 3.8) is 0 Å². The zero-order valence-corrected chi connectivity index (χ0v) is 23.7. The van der Waals surface area contributed by atoms with E-state index in [1.165, 1.54) is 35.9 Å². The smallest absolute Gasteiger partial charge is 0.256 e. The number of rotatable bonds is 6. The summed E-state index contributed by atoms with van der Waals surface area (Å²) in [5.74, 6) is -0.0182. The molecule has 0 saturated carbocycles.